The van der Waals surface area contributed by atoms with Gasteiger partial charge in [-0.25, -0.2) is 4.79 Å². The predicted octanol–water partition coefficient (Wildman–Crippen LogP) is 2.56. The van der Waals surface area contributed by atoms with Gasteiger partial charge in [0.05, 0.1) is 6.54 Å². The third kappa shape index (κ3) is 5.47. The summed E-state index contributed by atoms with van der Waals surface area (Å²) >= 11 is 0. The zero-order valence-corrected chi connectivity index (χ0v) is 15.7. The Bertz CT molecular complexity index is 1170. The lowest BCUT2D eigenvalue weighted by Crippen LogP contribution is -2.28. The molecular formula is C22H18N2O5. The molecule has 29 heavy (non-hydrogen) atoms. The molecule has 3 aromatic rings. The molecule has 2 aromatic carbocycles. The number of carbonyl (C=O) groups excluding carboxylic acids is 2. The predicted molar refractivity (Wildman–Crippen MR) is 109 cm³/mol. The lowest BCUT2D eigenvalue weighted by molar-refractivity contribution is -0.114. The number of anilines is 1. The highest BCUT2D eigenvalue weighted by Gasteiger charge is 2.12. The van der Waals surface area contributed by atoms with Gasteiger partial charge in [-0.3, -0.25) is 9.59 Å². The summed E-state index contributed by atoms with van der Waals surface area (Å²) < 4.78 is 10.6. The molecule has 1 heterocycles. The quantitative estimate of drug-likeness (QED) is 0.515. The highest BCUT2D eigenvalue weighted by molar-refractivity contribution is 5.96. The Morgan fingerprint density at radius 1 is 1.07 bits per heavy atom. The van der Waals surface area contributed by atoms with Crippen molar-refractivity contribution >= 4 is 28.5 Å². The van der Waals surface area contributed by atoms with Crippen LogP contribution in [0.4, 0.5) is 5.69 Å². The normalized spacial score (nSPS) is 9.97. The van der Waals surface area contributed by atoms with E-state index >= 15 is 0 Å². The Balaban J connectivity index is 1.52. The van der Waals surface area contributed by atoms with E-state index in [0.717, 1.165) is 0 Å². The topological polar surface area (TPSA) is 97.6 Å². The van der Waals surface area contributed by atoms with Gasteiger partial charge >= 0.3 is 5.63 Å². The second-order valence-electron chi connectivity index (χ2n) is 6.02. The fourth-order valence-electron chi connectivity index (χ4n) is 2.54. The molecule has 3 rings (SSSR count). The average molecular weight is 390 g/mol. The van der Waals surface area contributed by atoms with Crippen LogP contribution in [0.5, 0.6) is 5.75 Å². The molecule has 0 aliphatic heterocycles. The van der Waals surface area contributed by atoms with Gasteiger partial charge in [0, 0.05) is 24.1 Å². The van der Waals surface area contributed by atoms with Gasteiger partial charge in [0.15, 0.2) is 0 Å². The van der Waals surface area contributed by atoms with Crippen molar-refractivity contribution in [2.45, 2.75) is 6.92 Å². The van der Waals surface area contributed by atoms with Gasteiger partial charge in [0.1, 0.15) is 23.5 Å². The third-order valence-corrected chi connectivity index (χ3v) is 3.81. The first-order valence-electron chi connectivity index (χ1n) is 8.80. The van der Waals surface area contributed by atoms with Crippen LogP contribution in [0.25, 0.3) is 11.0 Å². The SMILES string of the molecule is CC(=O)Nc1cccc(OCC#CCNC(=O)c2cc3ccccc3oc2=O)c1. The molecule has 2 N–H and O–H groups in total. The molecular weight excluding hydrogens is 372 g/mol. The van der Waals surface area contributed by atoms with E-state index in [0.29, 0.717) is 22.4 Å². The van der Waals surface area contributed by atoms with Crippen molar-refractivity contribution in [1.29, 1.82) is 0 Å². The van der Waals surface area contributed by atoms with E-state index in [1.807, 2.05) is 0 Å². The van der Waals surface area contributed by atoms with Gasteiger partial charge in [-0.2, -0.15) is 0 Å². The van der Waals surface area contributed by atoms with Crippen LogP contribution in [0.2, 0.25) is 0 Å². The summed E-state index contributed by atoms with van der Waals surface area (Å²) in [5.41, 5.74) is 0.283. The average Bonchev–Trinajstić information content (AvgIpc) is 2.69. The summed E-state index contributed by atoms with van der Waals surface area (Å²) in [6.45, 7) is 1.59. The Hall–Kier alpha value is -4.05. The molecule has 0 aliphatic rings. The molecule has 0 radical (unpaired) electrons. The summed E-state index contributed by atoms with van der Waals surface area (Å²) in [7, 11) is 0. The zero-order valence-electron chi connectivity index (χ0n) is 15.7. The van der Waals surface area contributed by atoms with Crippen LogP contribution >= 0.6 is 0 Å². The minimum atomic E-state index is -0.698. The van der Waals surface area contributed by atoms with Crippen LogP contribution in [0, 0.1) is 11.8 Å². The molecule has 7 nitrogen and oxygen atoms in total. The molecule has 7 heteroatoms. The van der Waals surface area contributed by atoms with Crippen molar-refractivity contribution in [1.82, 2.24) is 5.32 Å². The molecule has 0 saturated carbocycles. The van der Waals surface area contributed by atoms with Gasteiger partial charge in [-0.1, -0.05) is 36.1 Å². The third-order valence-electron chi connectivity index (χ3n) is 3.81. The largest absolute Gasteiger partial charge is 0.481 e. The van der Waals surface area contributed by atoms with Crippen molar-refractivity contribution in [2.75, 3.05) is 18.5 Å². The molecule has 0 aliphatic carbocycles. The van der Waals surface area contributed by atoms with Gasteiger partial charge in [0.25, 0.3) is 5.91 Å². The highest BCUT2D eigenvalue weighted by atomic mass is 16.5. The van der Waals surface area contributed by atoms with E-state index in [1.165, 1.54) is 13.0 Å². The molecule has 0 fully saturated rings. The first-order chi connectivity index (χ1) is 14.0. The monoisotopic (exact) mass is 390 g/mol. The van der Waals surface area contributed by atoms with Gasteiger partial charge in [-0.15, -0.1) is 0 Å². The Morgan fingerprint density at radius 2 is 1.90 bits per heavy atom. The van der Waals surface area contributed by atoms with Crippen molar-refractivity contribution in [3.63, 3.8) is 0 Å². The Morgan fingerprint density at radius 3 is 2.72 bits per heavy atom. The Labute approximate surface area is 166 Å². The number of nitrogens with one attached hydrogen (secondary N) is 2. The summed E-state index contributed by atoms with van der Waals surface area (Å²) in [5.74, 6) is 5.36. The Kier molecular flexibility index (Phi) is 6.28. The van der Waals surface area contributed by atoms with Crippen molar-refractivity contribution in [3.05, 3.63) is 70.6 Å². The lowest BCUT2D eigenvalue weighted by atomic mass is 10.2. The second-order valence-corrected chi connectivity index (χ2v) is 6.02. The maximum absolute atomic E-state index is 12.2. The molecule has 146 valence electrons. The number of rotatable bonds is 5. The maximum Gasteiger partial charge on any atom is 0.349 e. The second kappa shape index (κ2) is 9.24. The number of benzene rings is 2. The molecule has 0 spiro atoms. The first-order valence-corrected chi connectivity index (χ1v) is 8.80. The number of hydrogen-bond donors (Lipinski definition) is 2. The van der Waals surface area contributed by atoms with E-state index in [2.05, 4.69) is 22.5 Å². The minimum absolute atomic E-state index is 0.0559. The van der Waals surface area contributed by atoms with E-state index in [1.54, 1.807) is 48.5 Å². The fraction of sp³-hybridized carbons (Fsp3) is 0.136. The van der Waals surface area contributed by atoms with Crippen LogP contribution < -0.4 is 21.0 Å². The van der Waals surface area contributed by atoms with Gasteiger partial charge < -0.3 is 19.8 Å². The van der Waals surface area contributed by atoms with E-state index in [4.69, 9.17) is 9.15 Å². The van der Waals surface area contributed by atoms with Crippen LogP contribution in [0.1, 0.15) is 17.3 Å². The number of para-hydroxylation sites is 1. The summed E-state index contributed by atoms with van der Waals surface area (Å²) in [6, 6.07) is 15.4. The molecule has 0 saturated heterocycles. The number of fused-ring (bicyclic) bond motifs is 1. The smallest absolute Gasteiger partial charge is 0.349 e. The summed E-state index contributed by atoms with van der Waals surface area (Å²) in [6.07, 6.45) is 0. The zero-order chi connectivity index (χ0) is 20.6. The van der Waals surface area contributed by atoms with Crippen molar-refractivity contribution in [2.24, 2.45) is 0 Å². The fourth-order valence-corrected chi connectivity index (χ4v) is 2.54. The maximum atomic E-state index is 12.2. The van der Waals surface area contributed by atoms with Crippen molar-refractivity contribution < 1.29 is 18.7 Å². The van der Waals surface area contributed by atoms with Crippen molar-refractivity contribution in [3.8, 4) is 17.6 Å². The number of amides is 2. The van der Waals surface area contributed by atoms with E-state index < -0.39 is 11.5 Å². The molecule has 0 bridgehead atoms. The van der Waals surface area contributed by atoms with Crippen LogP contribution in [-0.2, 0) is 4.79 Å². The molecule has 2 amide bonds. The van der Waals surface area contributed by atoms with Crippen LogP contribution in [0.15, 0.2) is 63.8 Å². The highest BCUT2D eigenvalue weighted by Crippen LogP contribution is 2.17. The molecule has 0 unspecified atom stereocenters. The van der Waals surface area contributed by atoms with Gasteiger partial charge in [0.2, 0.25) is 5.91 Å². The van der Waals surface area contributed by atoms with E-state index in [9.17, 15) is 14.4 Å². The number of hydrogen-bond acceptors (Lipinski definition) is 5. The number of carbonyl (C=O) groups is 2. The first kappa shape index (κ1) is 19.7. The minimum Gasteiger partial charge on any atom is -0.481 e. The lowest BCUT2D eigenvalue weighted by Gasteiger charge is -2.05. The van der Waals surface area contributed by atoms with Gasteiger partial charge in [-0.05, 0) is 24.3 Å². The van der Waals surface area contributed by atoms with Crippen LogP contribution in [0.3, 0.4) is 0 Å². The van der Waals surface area contributed by atoms with E-state index in [-0.39, 0.29) is 24.6 Å². The standard InChI is InChI=1S/C22H18N2O5/c1-15(25)24-17-8-6-9-18(14-17)28-12-5-4-11-23-21(26)19-13-16-7-2-3-10-20(16)29-22(19)27/h2-3,6-10,13-14H,11-12H2,1H3,(H,23,26)(H,24,25). The molecule has 0 atom stereocenters. The van der Waals surface area contributed by atoms with Crippen LogP contribution in [-0.4, -0.2) is 25.0 Å². The number of ether oxygens (including phenoxy) is 1. The summed E-state index contributed by atoms with van der Waals surface area (Å²) in [4.78, 5) is 35.2. The molecule has 1 aromatic heterocycles. The summed E-state index contributed by atoms with van der Waals surface area (Å²) in [5, 5.41) is 5.89.